The molecule has 3 aromatic rings. The van der Waals surface area contributed by atoms with Crippen molar-refractivity contribution < 1.29 is 33.3 Å². The number of carbonyl (C=O) groups is 4. The maximum absolute atomic E-state index is 13.0. The number of nitrogens with zero attached hydrogens (tertiary/aromatic N) is 3. The Kier molecular flexibility index (Phi) is 7.63. The van der Waals surface area contributed by atoms with Crippen LogP contribution in [-0.4, -0.2) is 71.1 Å². The van der Waals surface area contributed by atoms with Gasteiger partial charge in [0.15, 0.2) is 18.2 Å². The maximum atomic E-state index is 13.0. The molecule has 0 N–H and O–H groups in total. The summed E-state index contributed by atoms with van der Waals surface area (Å²) >= 11 is 5.82. The van der Waals surface area contributed by atoms with Crippen LogP contribution in [0.3, 0.4) is 0 Å². The van der Waals surface area contributed by atoms with Crippen molar-refractivity contribution in [2.75, 3.05) is 32.8 Å². The number of ether oxygens (including phenoxy) is 1. The number of hydrogen-bond acceptors (Lipinski definition) is 8. The lowest BCUT2D eigenvalue weighted by atomic mass is 9.98. The number of carbonyl (C=O) groups excluding carboxylic acids is 4. The molecule has 0 atom stereocenters. The molecule has 12 heteroatoms. The number of benzene rings is 2. The Morgan fingerprint density at radius 1 is 0.946 bits per heavy atom. The van der Waals surface area contributed by atoms with Gasteiger partial charge in [-0.1, -0.05) is 29.8 Å². The van der Waals surface area contributed by atoms with Crippen molar-refractivity contribution in [1.29, 1.82) is 0 Å². The molecular formula is C25H20ClN3O8. The third-order valence-corrected chi connectivity index (χ3v) is 6.09. The molecule has 2 amide bonds. The molecule has 190 valence electrons. The predicted molar refractivity (Wildman–Crippen MR) is 129 cm³/mol. The largest absolute Gasteiger partial charge is 0.459 e. The zero-order valence-corrected chi connectivity index (χ0v) is 20.1. The summed E-state index contributed by atoms with van der Waals surface area (Å²) in [6.45, 7) is 0.550. The highest BCUT2D eigenvalue weighted by atomic mass is 35.5. The van der Waals surface area contributed by atoms with E-state index in [1.165, 1.54) is 47.6 Å². The second-order valence-electron chi connectivity index (χ2n) is 8.02. The number of furan rings is 1. The summed E-state index contributed by atoms with van der Waals surface area (Å²) in [7, 11) is 0. The van der Waals surface area contributed by atoms with Gasteiger partial charge in [0.25, 0.3) is 17.5 Å². The molecule has 1 aromatic heterocycles. The van der Waals surface area contributed by atoms with Crippen molar-refractivity contribution in [1.82, 2.24) is 9.80 Å². The topological polar surface area (TPSA) is 140 Å². The summed E-state index contributed by atoms with van der Waals surface area (Å²) in [5, 5.41) is 11.0. The maximum Gasteiger partial charge on any atom is 0.339 e. The average molecular weight is 526 g/mol. The van der Waals surface area contributed by atoms with Crippen molar-refractivity contribution >= 4 is 40.9 Å². The molecule has 4 rings (SSSR count). The summed E-state index contributed by atoms with van der Waals surface area (Å²) in [6, 6.07) is 12.6. The third-order valence-electron chi connectivity index (χ3n) is 5.77. The van der Waals surface area contributed by atoms with Gasteiger partial charge in [-0.05, 0) is 30.3 Å². The molecule has 1 fully saturated rings. The first kappa shape index (κ1) is 25.6. The van der Waals surface area contributed by atoms with Gasteiger partial charge < -0.3 is 19.0 Å². The van der Waals surface area contributed by atoms with Crippen LogP contribution in [0, 0.1) is 10.1 Å². The summed E-state index contributed by atoms with van der Waals surface area (Å²) in [4.78, 5) is 64.2. The fourth-order valence-electron chi connectivity index (χ4n) is 3.82. The average Bonchev–Trinajstić information content (AvgIpc) is 3.46. The number of esters is 1. The van der Waals surface area contributed by atoms with Crippen molar-refractivity contribution in [2.45, 2.75) is 0 Å². The van der Waals surface area contributed by atoms with Gasteiger partial charge in [0.2, 0.25) is 0 Å². The monoisotopic (exact) mass is 525 g/mol. The molecule has 1 aliphatic heterocycles. The fraction of sp³-hybridized carbons (Fsp3) is 0.200. The summed E-state index contributed by atoms with van der Waals surface area (Å²) in [6.07, 6.45) is 1.41. The van der Waals surface area contributed by atoms with Crippen LogP contribution in [0.25, 0.3) is 0 Å². The first-order chi connectivity index (χ1) is 17.8. The van der Waals surface area contributed by atoms with E-state index in [9.17, 15) is 29.3 Å². The molecule has 0 bridgehead atoms. The number of nitro groups is 1. The molecule has 0 spiro atoms. The van der Waals surface area contributed by atoms with Gasteiger partial charge in [-0.3, -0.25) is 24.5 Å². The van der Waals surface area contributed by atoms with Gasteiger partial charge >= 0.3 is 5.97 Å². The van der Waals surface area contributed by atoms with Crippen LogP contribution in [0.4, 0.5) is 5.69 Å². The Balaban J connectivity index is 1.38. The molecule has 11 nitrogen and oxygen atoms in total. The Hall–Kier alpha value is -4.51. The quantitative estimate of drug-likeness (QED) is 0.198. The molecule has 2 heterocycles. The minimum absolute atomic E-state index is 0.0330. The first-order valence-electron chi connectivity index (χ1n) is 11.1. The van der Waals surface area contributed by atoms with Crippen LogP contribution in [0.15, 0.2) is 65.3 Å². The Morgan fingerprint density at radius 3 is 2.27 bits per heavy atom. The predicted octanol–water partition coefficient (Wildman–Crippen LogP) is 3.21. The van der Waals surface area contributed by atoms with E-state index in [0.717, 1.165) is 6.07 Å². The molecule has 0 unspecified atom stereocenters. The third kappa shape index (κ3) is 5.67. The number of ketones is 1. The van der Waals surface area contributed by atoms with Crippen LogP contribution in [0.5, 0.6) is 0 Å². The van der Waals surface area contributed by atoms with Crippen LogP contribution in [0.2, 0.25) is 5.02 Å². The molecule has 2 aromatic carbocycles. The fourth-order valence-corrected chi connectivity index (χ4v) is 4.01. The summed E-state index contributed by atoms with van der Waals surface area (Å²) in [5.41, 5.74) is -0.605. The van der Waals surface area contributed by atoms with Crippen molar-refractivity contribution in [3.63, 3.8) is 0 Å². The van der Waals surface area contributed by atoms with Crippen LogP contribution >= 0.6 is 11.6 Å². The molecular weight excluding hydrogens is 506 g/mol. The zero-order valence-electron chi connectivity index (χ0n) is 19.3. The SMILES string of the molecule is O=C(OCC(=O)N1CCN(C(=O)c2ccco2)CC1)c1ccccc1C(=O)c1ccc(Cl)c([N+](=O)[O-])c1. The Bertz CT molecular complexity index is 1360. The van der Waals surface area contributed by atoms with Crippen LogP contribution in [-0.2, 0) is 9.53 Å². The van der Waals surface area contributed by atoms with Gasteiger partial charge in [0.1, 0.15) is 5.02 Å². The molecule has 1 saturated heterocycles. The summed E-state index contributed by atoms with van der Waals surface area (Å²) in [5.74, 6) is -2.04. The number of amides is 2. The molecule has 0 radical (unpaired) electrons. The lowest BCUT2D eigenvalue weighted by Gasteiger charge is -2.34. The number of halogens is 1. The van der Waals surface area contributed by atoms with Gasteiger partial charge in [-0.25, -0.2) is 4.79 Å². The van der Waals surface area contributed by atoms with Gasteiger partial charge in [0, 0.05) is 43.4 Å². The molecule has 1 aliphatic rings. The van der Waals surface area contributed by atoms with E-state index in [1.807, 2.05) is 0 Å². The number of piperazine rings is 1. The van der Waals surface area contributed by atoms with E-state index in [4.69, 9.17) is 20.8 Å². The first-order valence-corrected chi connectivity index (χ1v) is 11.5. The van der Waals surface area contributed by atoms with E-state index in [2.05, 4.69) is 0 Å². The second-order valence-corrected chi connectivity index (χ2v) is 8.43. The highest BCUT2D eigenvalue weighted by Crippen LogP contribution is 2.27. The van der Waals surface area contributed by atoms with Crippen molar-refractivity contribution in [2.24, 2.45) is 0 Å². The van der Waals surface area contributed by atoms with Crippen LogP contribution < -0.4 is 0 Å². The molecule has 0 saturated carbocycles. The minimum Gasteiger partial charge on any atom is -0.459 e. The van der Waals surface area contributed by atoms with Gasteiger partial charge in [-0.15, -0.1) is 0 Å². The number of rotatable bonds is 7. The highest BCUT2D eigenvalue weighted by molar-refractivity contribution is 6.33. The molecule has 0 aliphatic carbocycles. The smallest absolute Gasteiger partial charge is 0.339 e. The number of hydrogen-bond donors (Lipinski definition) is 0. The molecule has 37 heavy (non-hydrogen) atoms. The van der Waals surface area contributed by atoms with E-state index in [1.54, 1.807) is 17.0 Å². The standard InChI is InChI=1S/C25H20ClN3O8/c26-19-8-7-16(14-20(19)29(34)35)23(31)17-4-1-2-5-18(17)25(33)37-15-22(30)27-9-11-28(12-10-27)24(32)21-6-3-13-36-21/h1-8,13-14H,9-12,15H2. The Morgan fingerprint density at radius 2 is 1.62 bits per heavy atom. The van der Waals surface area contributed by atoms with Crippen LogP contribution in [0.1, 0.15) is 36.8 Å². The van der Waals surface area contributed by atoms with Crippen molar-refractivity contribution in [3.8, 4) is 0 Å². The van der Waals surface area contributed by atoms with Crippen molar-refractivity contribution in [3.05, 3.63) is 98.4 Å². The van der Waals surface area contributed by atoms with E-state index >= 15 is 0 Å². The summed E-state index contributed by atoms with van der Waals surface area (Å²) < 4.78 is 10.3. The van der Waals surface area contributed by atoms with E-state index in [0.29, 0.717) is 13.1 Å². The highest BCUT2D eigenvalue weighted by Gasteiger charge is 2.27. The Labute approximate surface area is 215 Å². The van der Waals surface area contributed by atoms with E-state index in [-0.39, 0.29) is 46.5 Å². The zero-order chi connectivity index (χ0) is 26.5. The van der Waals surface area contributed by atoms with Gasteiger partial charge in [-0.2, -0.15) is 0 Å². The lowest BCUT2D eigenvalue weighted by Crippen LogP contribution is -2.51. The van der Waals surface area contributed by atoms with E-state index < -0.39 is 34.9 Å². The van der Waals surface area contributed by atoms with Gasteiger partial charge in [0.05, 0.1) is 16.7 Å². The second kappa shape index (κ2) is 11.0. The number of nitro benzene ring substituents is 1. The lowest BCUT2D eigenvalue weighted by molar-refractivity contribution is -0.384. The normalized spacial score (nSPS) is 13.2. The minimum atomic E-state index is -0.896.